The molecular formula is C14H19NO. The Bertz CT molecular complexity index is 373. The molecule has 2 fully saturated rings. The molecule has 86 valence electrons. The minimum absolute atomic E-state index is 0.104. The Kier molecular flexibility index (Phi) is 2.70. The van der Waals surface area contributed by atoms with Crippen molar-refractivity contribution in [3.8, 4) is 0 Å². The molecule has 3 rings (SSSR count). The number of aliphatic hydroxyl groups excluding tert-OH is 1. The van der Waals surface area contributed by atoms with Gasteiger partial charge in [-0.2, -0.15) is 0 Å². The predicted molar refractivity (Wildman–Crippen MR) is 64.3 cm³/mol. The second kappa shape index (κ2) is 4.19. The van der Waals surface area contributed by atoms with Gasteiger partial charge in [-0.15, -0.1) is 0 Å². The third-order valence-corrected chi connectivity index (χ3v) is 3.71. The molecule has 1 aliphatic heterocycles. The molecule has 1 saturated carbocycles. The monoisotopic (exact) mass is 217 g/mol. The average Bonchev–Trinajstić information content (AvgIpc) is 3.04. The van der Waals surface area contributed by atoms with Crippen molar-refractivity contribution in [2.24, 2.45) is 0 Å². The number of hydrogen-bond donors (Lipinski definition) is 1. The largest absolute Gasteiger partial charge is 0.392 e. The highest BCUT2D eigenvalue weighted by Gasteiger charge is 2.27. The maximum Gasteiger partial charge on any atom is 0.0679 e. The Balaban J connectivity index is 1.73. The lowest BCUT2D eigenvalue weighted by Gasteiger charge is -2.17. The predicted octanol–water partition coefficient (Wildman–Crippen LogP) is 2.13. The van der Waals surface area contributed by atoms with Crippen LogP contribution in [0.15, 0.2) is 24.3 Å². The van der Waals surface area contributed by atoms with Crippen LogP contribution in [0, 0.1) is 0 Å². The second-order valence-corrected chi connectivity index (χ2v) is 5.15. The Labute approximate surface area is 96.9 Å². The SMILES string of the molecule is O[C@H]1CCN(Cc2ccccc2C2CC2)C1. The summed E-state index contributed by atoms with van der Waals surface area (Å²) in [7, 11) is 0. The zero-order chi connectivity index (χ0) is 11.0. The fourth-order valence-electron chi connectivity index (χ4n) is 2.67. The summed E-state index contributed by atoms with van der Waals surface area (Å²) >= 11 is 0. The standard InChI is InChI=1S/C14H19NO/c16-13-7-8-15(10-13)9-12-3-1-2-4-14(12)11-5-6-11/h1-4,11,13,16H,5-10H2/t13-/m0/s1. The molecule has 1 aromatic carbocycles. The van der Waals surface area contributed by atoms with Crippen molar-refractivity contribution in [2.45, 2.75) is 37.8 Å². The van der Waals surface area contributed by atoms with E-state index in [0.29, 0.717) is 0 Å². The Hall–Kier alpha value is -0.860. The van der Waals surface area contributed by atoms with Crippen LogP contribution in [0.3, 0.4) is 0 Å². The first-order chi connectivity index (χ1) is 7.83. The van der Waals surface area contributed by atoms with Gasteiger partial charge in [0.1, 0.15) is 0 Å². The van der Waals surface area contributed by atoms with E-state index in [1.807, 2.05) is 0 Å². The van der Waals surface area contributed by atoms with Gasteiger partial charge in [-0.3, -0.25) is 4.90 Å². The zero-order valence-corrected chi connectivity index (χ0v) is 9.60. The third kappa shape index (κ3) is 2.13. The average molecular weight is 217 g/mol. The van der Waals surface area contributed by atoms with Gasteiger partial charge in [-0.05, 0) is 36.3 Å². The molecule has 0 bridgehead atoms. The molecule has 1 N–H and O–H groups in total. The molecule has 0 amide bonds. The van der Waals surface area contributed by atoms with Crippen LogP contribution in [0.4, 0.5) is 0 Å². The van der Waals surface area contributed by atoms with Gasteiger partial charge in [0.15, 0.2) is 0 Å². The molecule has 1 aromatic rings. The van der Waals surface area contributed by atoms with Crippen molar-refractivity contribution in [1.29, 1.82) is 0 Å². The van der Waals surface area contributed by atoms with E-state index in [1.165, 1.54) is 18.4 Å². The number of nitrogens with zero attached hydrogens (tertiary/aromatic N) is 1. The van der Waals surface area contributed by atoms with Crippen LogP contribution in [0.1, 0.15) is 36.3 Å². The maximum atomic E-state index is 9.53. The van der Waals surface area contributed by atoms with E-state index in [0.717, 1.165) is 32.0 Å². The fraction of sp³-hybridized carbons (Fsp3) is 0.571. The van der Waals surface area contributed by atoms with Crippen LogP contribution in [0.5, 0.6) is 0 Å². The number of rotatable bonds is 3. The molecule has 0 aromatic heterocycles. The summed E-state index contributed by atoms with van der Waals surface area (Å²) in [5, 5.41) is 9.53. The van der Waals surface area contributed by atoms with Crippen LogP contribution in [-0.2, 0) is 6.54 Å². The first kappa shape index (κ1) is 10.3. The quantitative estimate of drug-likeness (QED) is 0.838. The van der Waals surface area contributed by atoms with E-state index >= 15 is 0 Å². The van der Waals surface area contributed by atoms with Crippen molar-refractivity contribution < 1.29 is 5.11 Å². The molecule has 1 heterocycles. The topological polar surface area (TPSA) is 23.5 Å². The number of aliphatic hydroxyl groups is 1. The Morgan fingerprint density at radius 2 is 2.00 bits per heavy atom. The van der Waals surface area contributed by atoms with Crippen molar-refractivity contribution in [2.75, 3.05) is 13.1 Å². The van der Waals surface area contributed by atoms with Crippen molar-refractivity contribution in [3.05, 3.63) is 35.4 Å². The van der Waals surface area contributed by atoms with Gasteiger partial charge in [-0.1, -0.05) is 24.3 Å². The first-order valence-corrected chi connectivity index (χ1v) is 6.31. The molecule has 2 heteroatoms. The van der Waals surface area contributed by atoms with E-state index < -0.39 is 0 Å². The van der Waals surface area contributed by atoms with Crippen molar-refractivity contribution in [1.82, 2.24) is 4.90 Å². The normalized spacial score (nSPS) is 26.2. The van der Waals surface area contributed by atoms with E-state index in [-0.39, 0.29) is 6.10 Å². The van der Waals surface area contributed by atoms with E-state index in [1.54, 1.807) is 5.56 Å². The first-order valence-electron chi connectivity index (χ1n) is 6.31. The Morgan fingerprint density at radius 1 is 1.19 bits per heavy atom. The lowest BCUT2D eigenvalue weighted by atomic mass is 10.0. The van der Waals surface area contributed by atoms with Gasteiger partial charge in [0.25, 0.3) is 0 Å². The summed E-state index contributed by atoms with van der Waals surface area (Å²) in [5.41, 5.74) is 3.02. The smallest absolute Gasteiger partial charge is 0.0679 e. The van der Waals surface area contributed by atoms with Crippen LogP contribution in [-0.4, -0.2) is 29.2 Å². The van der Waals surface area contributed by atoms with Gasteiger partial charge in [0.2, 0.25) is 0 Å². The lowest BCUT2D eigenvalue weighted by Crippen LogP contribution is -2.22. The van der Waals surface area contributed by atoms with Gasteiger partial charge in [-0.25, -0.2) is 0 Å². The third-order valence-electron chi connectivity index (χ3n) is 3.71. The molecule has 16 heavy (non-hydrogen) atoms. The van der Waals surface area contributed by atoms with Crippen LogP contribution in [0.25, 0.3) is 0 Å². The summed E-state index contributed by atoms with van der Waals surface area (Å²) in [6.07, 6.45) is 3.55. The van der Waals surface area contributed by atoms with Crippen molar-refractivity contribution >= 4 is 0 Å². The Morgan fingerprint density at radius 3 is 2.69 bits per heavy atom. The number of benzene rings is 1. The molecule has 2 aliphatic rings. The van der Waals surface area contributed by atoms with Gasteiger partial charge >= 0.3 is 0 Å². The molecule has 0 radical (unpaired) electrons. The van der Waals surface area contributed by atoms with E-state index in [2.05, 4.69) is 29.2 Å². The highest BCUT2D eigenvalue weighted by atomic mass is 16.3. The highest BCUT2D eigenvalue weighted by molar-refractivity contribution is 5.33. The summed E-state index contributed by atoms with van der Waals surface area (Å²) in [6, 6.07) is 8.81. The van der Waals surface area contributed by atoms with Crippen LogP contribution in [0.2, 0.25) is 0 Å². The van der Waals surface area contributed by atoms with E-state index in [4.69, 9.17) is 0 Å². The number of β-amino-alcohol motifs (C(OH)–C–C–N with tert-alkyl or cyclic N) is 1. The fourth-order valence-corrected chi connectivity index (χ4v) is 2.67. The van der Waals surface area contributed by atoms with Crippen molar-refractivity contribution in [3.63, 3.8) is 0 Å². The molecular weight excluding hydrogens is 198 g/mol. The second-order valence-electron chi connectivity index (χ2n) is 5.15. The minimum atomic E-state index is -0.104. The summed E-state index contributed by atoms with van der Waals surface area (Å²) in [5.74, 6) is 0.823. The molecule has 2 nitrogen and oxygen atoms in total. The molecule has 1 saturated heterocycles. The molecule has 1 aliphatic carbocycles. The minimum Gasteiger partial charge on any atom is -0.392 e. The van der Waals surface area contributed by atoms with E-state index in [9.17, 15) is 5.11 Å². The molecule has 0 spiro atoms. The number of likely N-dealkylation sites (tertiary alicyclic amines) is 1. The zero-order valence-electron chi connectivity index (χ0n) is 9.60. The summed E-state index contributed by atoms with van der Waals surface area (Å²) in [6.45, 7) is 2.91. The van der Waals surface area contributed by atoms with Gasteiger partial charge in [0.05, 0.1) is 6.10 Å². The summed E-state index contributed by atoms with van der Waals surface area (Å²) in [4.78, 5) is 2.37. The molecule has 0 unspecified atom stereocenters. The van der Waals surface area contributed by atoms with Gasteiger partial charge < -0.3 is 5.11 Å². The highest BCUT2D eigenvalue weighted by Crippen LogP contribution is 2.41. The van der Waals surface area contributed by atoms with Crippen LogP contribution >= 0.6 is 0 Å². The van der Waals surface area contributed by atoms with Crippen LogP contribution < -0.4 is 0 Å². The molecule has 1 atom stereocenters. The number of hydrogen-bond acceptors (Lipinski definition) is 2. The maximum absolute atomic E-state index is 9.53. The van der Waals surface area contributed by atoms with Gasteiger partial charge in [0, 0.05) is 19.6 Å². The lowest BCUT2D eigenvalue weighted by molar-refractivity contribution is 0.174. The summed E-state index contributed by atoms with van der Waals surface area (Å²) < 4.78 is 0.